The Morgan fingerprint density at radius 3 is 2.58 bits per heavy atom. The van der Waals surface area contributed by atoms with Gasteiger partial charge in [-0.15, -0.1) is 0 Å². The number of carbonyl (C=O) groups excluding carboxylic acids is 1. The first kappa shape index (κ1) is 21.7. The van der Waals surface area contributed by atoms with Gasteiger partial charge in [0.25, 0.3) is 5.91 Å². The fourth-order valence-corrected chi connectivity index (χ4v) is 4.96. The van der Waals surface area contributed by atoms with E-state index in [1.165, 1.54) is 24.0 Å². The molecular weight excluding hydrogens is 386 g/mol. The summed E-state index contributed by atoms with van der Waals surface area (Å²) in [5.41, 5.74) is 3.60. The average Bonchev–Trinajstić information content (AvgIpc) is 2.82. The van der Waals surface area contributed by atoms with E-state index < -0.39 is 6.10 Å². The minimum absolute atomic E-state index is 0.0528. The largest absolute Gasteiger partial charge is 0.487 e. The molecule has 4 heteroatoms. The standard InChI is InChI=1S/C27H35NO3/c1-4-24(30-21-16-15-19-11-7-8-12-20(19)17-21)26(29)28-23-18-27(5-2,6-3)31-25-14-10-9-13-22(23)25/h9-10,13-17,23-24H,4-8,11-12,18H2,1-3H3,(H,28,29). The second-order valence-electron chi connectivity index (χ2n) is 8.95. The van der Waals surface area contributed by atoms with Crippen molar-refractivity contribution in [3.63, 3.8) is 0 Å². The number of ether oxygens (including phenoxy) is 2. The van der Waals surface area contributed by atoms with E-state index in [2.05, 4.69) is 37.4 Å². The third-order valence-electron chi connectivity index (χ3n) is 7.06. The van der Waals surface area contributed by atoms with E-state index in [0.717, 1.165) is 49.2 Å². The zero-order chi connectivity index (χ0) is 21.8. The summed E-state index contributed by atoms with van der Waals surface area (Å²) < 4.78 is 12.6. The maximum absolute atomic E-state index is 13.3. The topological polar surface area (TPSA) is 47.6 Å². The number of carbonyl (C=O) groups is 1. The molecule has 2 atom stereocenters. The molecule has 1 N–H and O–H groups in total. The van der Waals surface area contributed by atoms with Crippen LogP contribution in [0.15, 0.2) is 42.5 Å². The second-order valence-corrected chi connectivity index (χ2v) is 8.95. The van der Waals surface area contributed by atoms with Crippen LogP contribution in [-0.4, -0.2) is 17.6 Å². The van der Waals surface area contributed by atoms with Crippen LogP contribution in [0.1, 0.15) is 82.0 Å². The van der Waals surface area contributed by atoms with Crippen LogP contribution in [0.2, 0.25) is 0 Å². The molecule has 4 nitrogen and oxygen atoms in total. The van der Waals surface area contributed by atoms with Gasteiger partial charge in [-0.3, -0.25) is 4.79 Å². The first-order valence-corrected chi connectivity index (χ1v) is 11.9. The Balaban J connectivity index is 1.50. The van der Waals surface area contributed by atoms with Crippen LogP contribution in [0.5, 0.6) is 11.5 Å². The van der Waals surface area contributed by atoms with E-state index in [1.807, 2.05) is 31.2 Å². The Morgan fingerprint density at radius 2 is 1.84 bits per heavy atom. The monoisotopic (exact) mass is 421 g/mol. The number of fused-ring (bicyclic) bond motifs is 2. The van der Waals surface area contributed by atoms with Crippen LogP contribution >= 0.6 is 0 Å². The summed E-state index contributed by atoms with van der Waals surface area (Å²) >= 11 is 0. The van der Waals surface area contributed by atoms with Crippen LogP contribution < -0.4 is 14.8 Å². The third kappa shape index (κ3) is 4.58. The SMILES string of the molecule is CCC(Oc1ccc2c(c1)CCCC2)C(=O)NC1CC(CC)(CC)Oc2ccccc21. The predicted octanol–water partition coefficient (Wildman–Crippen LogP) is 5.92. The summed E-state index contributed by atoms with van der Waals surface area (Å²) in [6.07, 6.45) is 7.45. The molecule has 1 amide bonds. The second kappa shape index (κ2) is 9.33. The zero-order valence-electron chi connectivity index (χ0n) is 19.1. The van der Waals surface area contributed by atoms with Crippen LogP contribution in [-0.2, 0) is 17.6 Å². The quantitative estimate of drug-likeness (QED) is 0.603. The molecule has 0 spiro atoms. The number of amides is 1. The predicted molar refractivity (Wildman–Crippen MR) is 124 cm³/mol. The Labute approximate surface area is 186 Å². The van der Waals surface area contributed by atoms with Gasteiger partial charge >= 0.3 is 0 Å². The highest BCUT2D eigenvalue weighted by atomic mass is 16.5. The van der Waals surface area contributed by atoms with Gasteiger partial charge in [0.2, 0.25) is 0 Å². The lowest BCUT2D eigenvalue weighted by Gasteiger charge is -2.42. The molecule has 166 valence electrons. The number of aryl methyl sites for hydroxylation is 2. The fraction of sp³-hybridized carbons (Fsp3) is 0.519. The molecule has 0 saturated heterocycles. The van der Waals surface area contributed by atoms with E-state index in [9.17, 15) is 4.79 Å². The molecule has 4 rings (SSSR count). The smallest absolute Gasteiger partial charge is 0.261 e. The maximum Gasteiger partial charge on any atom is 0.261 e. The van der Waals surface area contributed by atoms with Crippen molar-refractivity contribution in [2.75, 3.05) is 0 Å². The summed E-state index contributed by atoms with van der Waals surface area (Å²) in [6, 6.07) is 14.3. The molecule has 1 aliphatic carbocycles. The van der Waals surface area contributed by atoms with Crippen LogP contribution in [0.25, 0.3) is 0 Å². The van der Waals surface area contributed by atoms with E-state index in [0.29, 0.717) is 6.42 Å². The molecule has 2 aromatic carbocycles. The van der Waals surface area contributed by atoms with E-state index >= 15 is 0 Å². The van der Waals surface area contributed by atoms with Crippen molar-refractivity contribution in [3.05, 3.63) is 59.2 Å². The number of nitrogens with one attached hydrogen (secondary N) is 1. The Kier molecular flexibility index (Phi) is 6.54. The third-order valence-corrected chi connectivity index (χ3v) is 7.06. The van der Waals surface area contributed by atoms with Crippen molar-refractivity contribution in [2.24, 2.45) is 0 Å². The van der Waals surface area contributed by atoms with Gasteiger partial charge in [-0.1, -0.05) is 45.0 Å². The van der Waals surface area contributed by atoms with Gasteiger partial charge in [0.05, 0.1) is 6.04 Å². The first-order valence-electron chi connectivity index (χ1n) is 11.9. The van der Waals surface area contributed by atoms with E-state index in [1.54, 1.807) is 0 Å². The molecule has 0 fully saturated rings. The van der Waals surface area contributed by atoms with Gasteiger partial charge in [-0.25, -0.2) is 0 Å². The molecule has 2 aromatic rings. The maximum atomic E-state index is 13.3. The van der Waals surface area contributed by atoms with Crippen molar-refractivity contribution in [2.45, 2.75) is 89.9 Å². The van der Waals surface area contributed by atoms with Gasteiger partial charge in [0.15, 0.2) is 6.10 Å². The van der Waals surface area contributed by atoms with Gasteiger partial charge in [-0.05, 0) is 74.3 Å². The minimum Gasteiger partial charge on any atom is -0.487 e. The summed E-state index contributed by atoms with van der Waals surface area (Å²) in [4.78, 5) is 13.3. The summed E-state index contributed by atoms with van der Waals surface area (Å²) in [7, 11) is 0. The van der Waals surface area contributed by atoms with Crippen LogP contribution in [0, 0.1) is 0 Å². The number of hydrogen-bond donors (Lipinski definition) is 1. The lowest BCUT2D eigenvalue weighted by molar-refractivity contribution is -0.129. The van der Waals surface area contributed by atoms with Gasteiger partial charge < -0.3 is 14.8 Å². The summed E-state index contributed by atoms with van der Waals surface area (Å²) in [6.45, 7) is 6.32. The van der Waals surface area contributed by atoms with Gasteiger partial charge in [0, 0.05) is 12.0 Å². The van der Waals surface area contributed by atoms with Crippen LogP contribution in [0.4, 0.5) is 0 Å². The molecule has 1 aliphatic heterocycles. The molecule has 2 aliphatic rings. The summed E-state index contributed by atoms with van der Waals surface area (Å²) in [5, 5.41) is 3.29. The van der Waals surface area contributed by atoms with Gasteiger partial charge in [-0.2, -0.15) is 0 Å². The van der Waals surface area contributed by atoms with E-state index in [4.69, 9.17) is 9.47 Å². The Morgan fingerprint density at radius 1 is 1.10 bits per heavy atom. The highest BCUT2D eigenvalue weighted by Gasteiger charge is 2.39. The van der Waals surface area contributed by atoms with Gasteiger partial charge in [0.1, 0.15) is 17.1 Å². The molecule has 0 saturated carbocycles. The van der Waals surface area contributed by atoms with Crippen molar-refractivity contribution < 1.29 is 14.3 Å². The highest BCUT2D eigenvalue weighted by molar-refractivity contribution is 5.81. The number of para-hydroxylation sites is 1. The van der Waals surface area contributed by atoms with Crippen molar-refractivity contribution in [1.82, 2.24) is 5.32 Å². The molecule has 31 heavy (non-hydrogen) atoms. The summed E-state index contributed by atoms with van der Waals surface area (Å²) in [5.74, 6) is 1.63. The van der Waals surface area contributed by atoms with Crippen LogP contribution in [0.3, 0.4) is 0 Å². The number of rotatable bonds is 7. The lowest BCUT2D eigenvalue weighted by atomic mass is 9.83. The Hall–Kier alpha value is -2.49. The molecule has 0 aromatic heterocycles. The molecule has 0 radical (unpaired) electrons. The lowest BCUT2D eigenvalue weighted by Crippen LogP contribution is -2.47. The molecule has 1 heterocycles. The average molecular weight is 422 g/mol. The van der Waals surface area contributed by atoms with Crippen molar-refractivity contribution in [1.29, 1.82) is 0 Å². The normalized spacial score (nSPS) is 20.0. The van der Waals surface area contributed by atoms with E-state index in [-0.39, 0.29) is 17.6 Å². The molecular formula is C27H35NO3. The Bertz CT molecular complexity index is 918. The first-order chi connectivity index (χ1) is 15.1. The fourth-order valence-electron chi connectivity index (χ4n) is 4.96. The van der Waals surface area contributed by atoms with Crippen molar-refractivity contribution >= 4 is 5.91 Å². The highest BCUT2D eigenvalue weighted by Crippen LogP contribution is 2.42. The number of benzene rings is 2. The molecule has 2 unspecified atom stereocenters. The molecule has 0 bridgehead atoms. The van der Waals surface area contributed by atoms with Crippen molar-refractivity contribution in [3.8, 4) is 11.5 Å². The minimum atomic E-state index is -0.505. The zero-order valence-corrected chi connectivity index (χ0v) is 19.1. The number of hydrogen-bond acceptors (Lipinski definition) is 3.